The monoisotopic (exact) mass is 1350 g/mol. The average molecular weight is 1360 g/mol. The van der Waals surface area contributed by atoms with E-state index in [2.05, 4.69) is 62.6 Å². The SMILES string of the molecule is CCCN(CCC)C(=O)c1cc(C)cc(C(=O)N(Cc2cc(F)cc(F)c2)C[C@H](O)CNCc2cccc(I)c2)c1.CCCN(CCC)C(=O)c1cc(C)cc(C(=O)N(Cc2cc(F)cc(F)c2)C[C@H]2CO2)c1.NCc1cccc(I)c1. The lowest BCUT2D eigenvalue weighted by Gasteiger charge is -2.27. The predicted molar refractivity (Wildman–Crippen MR) is 331 cm³/mol. The van der Waals surface area contributed by atoms with Crippen molar-refractivity contribution in [3.05, 3.63) is 207 Å². The number of aryl methyl sites for hydroxylation is 2. The Balaban J connectivity index is 0.000000265. The summed E-state index contributed by atoms with van der Waals surface area (Å²) < 4.78 is 62.9. The van der Waals surface area contributed by atoms with Crippen LogP contribution in [0.1, 0.15) is 128 Å². The van der Waals surface area contributed by atoms with Crippen LogP contribution in [0.3, 0.4) is 0 Å². The second-order valence-electron chi connectivity index (χ2n) is 20.4. The molecule has 18 heteroatoms. The number of rotatable bonds is 25. The normalized spacial score (nSPS) is 12.7. The number of nitrogens with two attached hydrogens (primary N) is 1. The van der Waals surface area contributed by atoms with Gasteiger partial charge in [-0.15, -0.1) is 0 Å². The van der Waals surface area contributed by atoms with Gasteiger partial charge in [0, 0.05) is 114 Å². The molecule has 12 nitrogen and oxygen atoms in total. The number of hydrogen-bond acceptors (Lipinski definition) is 8. The number of carbonyl (C=O) groups excluding carboxylic acids is 4. The number of carbonyl (C=O) groups is 4. The van der Waals surface area contributed by atoms with Crippen molar-refractivity contribution in [2.45, 2.75) is 106 Å². The average Bonchev–Trinajstić information content (AvgIpc) is 4.40. The second kappa shape index (κ2) is 34.1. The van der Waals surface area contributed by atoms with Gasteiger partial charge in [0.25, 0.3) is 23.6 Å². The van der Waals surface area contributed by atoms with Crippen LogP contribution in [0.5, 0.6) is 0 Å². The highest BCUT2D eigenvalue weighted by molar-refractivity contribution is 14.1. The predicted octanol–water partition coefficient (Wildman–Crippen LogP) is 12.3. The molecular formula is C64H76F4I2N6O6. The first-order valence-corrected chi connectivity index (χ1v) is 29.9. The molecule has 82 heavy (non-hydrogen) atoms. The fourth-order valence-electron chi connectivity index (χ4n) is 9.22. The van der Waals surface area contributed by atoms with Crippen LogP contribution in [0.15, 0.2) is 121 Å². The molecule has 1 aliphatic rings. The first kappa shape index (κ1) is 67.0. The molecule has 1 fully saturated rings. The van der Waals surface area contributed by atoms with Crippen LogP contribution >= 0.6 is 45.2 Å². The lowest BCUT2D eigenvalue weighted by molar-refractivity contribution is 0.0602. The summed E-state index contributed by atoms with van der Waals surface area (Å²) in [6, 6.07) is 32.6. The van der Waals surface area contributed by atoms with Crippen molar-refractivity contribution >= 4 is 68.8 Å². The number of hydrogen-bond donors (Lipinski definition) is 3. The fourth-order valence-corrected chi connectivity index (χ4v) is 10.4. The maximum absolute atomic E-state index is 14.0. The van der Waals surface area contributed by atoms with Crippen molar-refractivity contribution in [3.63, 3.8) is 0 Å². The summed E-state index contributed by atoms with van der Waals surface area (Å²) in [5.41, 5.74) is 11.4. The number of benzene rings is 6. The molecule has 440 valence electrons. The summed E-state index contributed by atoms with van der Waals surface area (Å²) in [5, 5.41) is 14.1. The van der Waals surface area contributed by atoms with E-state index in [9.17, 15) is 41.8 Å². The minimum atomic E-state index is -0.948. The molecule has 1 heterocycles. The largest absolute Gasteiger partial charge is 0.390 e. The van der Waals surface area contributed by atoms with E-state index in [0.29, 0.717) is 74.7 Å². The summed E-state index contributed by atoms with van der Waals surface area (Å²) in [7, 11) is 0. The van der Waals surface area contributed by atoms with E-state index < -0.39 is 35.3 Å². The van der Waals surface area contributed by atoms with Crippen LogP contribution in [-0.2, 0) is 30.9 Å². The summed E-state index contributed by atoms with van der Waals surface area (Å²) in [5.74, 6) is -3.87. The van der Waals surface area contributed by atoms with Crippen LogP contribution in [-0.4, -0.2) is 113 Å². The Kier molecular flexibility index (Phi) is 27.9. The number of amides is 4. The summed E-state index contributed by atoms with van der Waals surface area (Å²) >= 11 is 4.51. The van der Waals surface area contributed by atoms with E-state index in [-0.39, 0.29) is 61.1 Å². The lowest BCUT2D eigenvalue weighted by Crippen LogP contribution is -2.41. The number of epoxide rings is 1. The van der Waals surface area contributed by atoms with Crippen molar-refractivity contribution in [3.8, 4) is 0 Å². The molecule has 0 spiro atoms. The molecule has 0 saturated carbocycles. The molecule has 4 amide bonds. The van der Waals surface area contributed by atoms with Crippen LogP contribution in [0, 0.1) is 44.3 Å². The minimum Gasteiger partial charge on any atom is -0.390 e. The Morgan fingerprint density at radius 3 is 1.32 bits per heavy atom. The zero-order valence-corrected chi connectivity index (χ0v) is 52.0. The van der Waals surface area contributed by atoms with Gasteiger partial charge in [0.2, 0.25) is 0 Å². The topological polar surface area (TPSA) is 152 Å². The van der Waals surface area contributed by atoms with Gasteiger partial charge >= 0.3 is 0 Å². The Morgan fingerprint density at radius 2 is 0.939 bits per heavy atom. The quantitative estimate of drug-likeness (QED) is 0.0291. The zero-order chi connectivity index (χ0) is 59.9. The number of halogens is 6. The van der Waals surface area contributed by atoms with E-state index in [1.807, 2.05) is 77.9 Å². The molecule has 2 atom stereocenters. The highest BCUT2D eigenvalue weighted by atomic mass is 127. The highest BCUT2D eigenvalue weighted by Crippen LogP contribution is 2.22. The van der Waals surface area contributed by atoms with E-state index in [4.69, 9.17) is 10.5 Å². The molecule has 6 aromatic rings. The van der Waals surface area contributed by atoms with Crippen molar-refractivity contribution in [1.82, 2.24) is 24.9 Å². The smallest absolute Gasteiger partial charge is 0.254 e. The molecule has 1 aliphatic heterocycles. The summed E-state index contributed by atoms with van der Waals surface area (Å²) in [6.07, 6.45) is 2.29. The molecule has 7 rings (SSSR count). The third kappa shape index (κ3) is 22.4. The van der Waals surface area contributed by atoms with Gasteiger partial charge in [-0.1, -0.05) is 52.0 Å². The summed E-state index contributed by atoms with van der Waals surface area (Å²) in [6.45, 7) is 16.3. The van der Waals surface area contributed by atoms with Gasteiger partial charge in [0.1, 0.15) is 23.3 Å². The Morgan fingerprint density at radius 1 is 0.561 bits per heavy atom. The fraction of sp³-hybridized carbons (Fsp3) is 0.375. The first-order valence-electron chi connectivity index (χ1n) is 27.7. The molecule has 6 aromatic carbocycles. The van der Waals surface area contributed by atoms with E-state index in [0.717, 1.165) is 58.1 Å². The van der Waals surface area contributed by atoms with Gasteiger partial charge in [-0.25, -0.2) is 17.6 Å². The van der Waals surface area contributed by atoms with Crippen LogP contribution in [0.25, 0.3) is 0 Å². The highest BCUT2D eigenvalue weighted by Gasteiger charge is 2.30. The first-order chi connectivity index (χ1) is 39.2. The van der Waals surface area contributed by atoms with Crippen LogP contribution in [0.2, 0.25) is 0 Å². The van der Waals surface area contributed by atoms with Crippen molar-refractivity contribution in [1.29, 1.82) is 0 Å². The Labute approximate surface area is 508 Å². The molecule has 0 unspecified atom stereocenters. The van der Waals surface area contributed by atoms with Crippen molar-refractivity contribution < 1.29 is 46.6 Å². The lowest BCUT2D eigenvalue weighted by atomic mass is 10.0. The van der Waals surface area contributed by atoms with Crippen molar-refractivity contribution in [2.24, 2.45) is 5.73 Å². The van der Waals surface area contributed by atoms with Gasteiger partial charge in [-0.2, -0.15) is 0 Å². The molecule has 1 saturated heterocycles. The molecular weight excluding hydrogens is 1280 g/mol. The zero-order valence-electron chi connectivity index (χ0n) is 47.6. The standard InChI is InChI=1S/C32H38F2IN3O3.C25H30F2N2O3.C7H8IN/c1-4-9-37(10-5-2)31(40)25-11-22(3)12-26(16-25)32(41)38(20-24-13-27(33)17-28(34)14-24)21-30(39)19-36-18-23-7-6-8-29(35)15-23;1-4-6-28(7-5-2)24(30)19-8-17(3)9-20(12-19)25(31)29(15-23-16-32-23)14-18-10-21(26)13-22(27)11-18;8-7-3-1-2-6(4-7)5-9/h6-8,11-17,30,36,39H,4-5,9-10,18-21H2,1-3H3;8-13,23H,4-7,14-16H2,1-3H3;1-4H,5,9H2/t30-;23-;/m10./s1. The maximum Gasteiger partial charge on any atom is 0.254 e. The Bertz CT molecular complexity index is 3020. The minimum absolute atomic E-state index is 0.0440. The Hall–Kier alpha value is -5.78. The van der Waals surface area contributed by atoms with Crippen molar-refractivity contribution in [2.75, 3.05) is 52.4 Å². The van der Waals surface area contributed by atoms with Crippen LogP contribution < -0.4 is 11.1 Å². The molecule has 0 radical (unpaired) electrons. The molecule has 0 aromatic heterocycles. The number of nitrogens with zero attached hydrogens (tertiary/aromatic N) is 4. The van der Waals surface area contributed by atoms with Crippen LogP contribution in [0.4, 0.5) is 17.6 Å². The van der Waals surface area contributed by atoms with Gasteiger partial charge < -0.3 is 40.5 Å². The third-order valence-corrected chi connectivity index (χ3v) is 14.2. The van der Waals surface area contributed by atoms with E-state index >= 15 is 0 Å². The van der Waals surface area contributed by atoms with E-state index in [1.165, 1.54) is 43.2 Å². The van der Waals surface area contributed by atoms with Gasteiger partial charge in [-0.3, -0.25) is 19.2 Å². The summed E-state index contributed by atoms with van der Waals surface area (Å²) in [4.78, 5) is 60.0. The van der Waals surface area contributed by atoms with Gasteiger partial charge in [-0.05, 0) is 203 Å². The third-order valence-electron chi connectivity index (χ3n) is 12.8. The van der Waals surface area contributed by atoms with Gasteiger partial charge in [0.15, 0.2) is 0 Å². The van der Waals surface area contributed by atoms with Gasteiger partial charge in [0.05, 0.1) is 18.8 Å². The number of ether oxygens (including phenoxy) is 1. The number of aliphatic hydroxyl groups excluding tert-OH is 1. The van der Waals surface area contributed by atoms with E-state index in [1.54, 1.807) is 46.2 Å². The molecule has 4 N–H and O–H groups in total. The molecule has 0 bridgehead atoms. The number of nitrogens with one attached hydrogen (secondary N) is 1. The molecule has 0 aliphatic carbocycles. The maximum atomic E-state index is 14.0. The number of aliphatic hydroxyl groups is 1. The second-order valence-corrected chi connectivity index (χ2v) is 22.9.